The summed E-state index contributed by atoms with van der Waals surface area (Å²) in [7, 11) is 0. The van der Waals surface area contributed by atoms with Crippen molar-refractivity contribution in [2.75, 3.05) is 30.0 Å². The molecule has 0 fully saturated rings. The van der Waals surface area contributed by atoms with Gasteiger partial charge in [0, 0.05) is 45.2 Å². The lowest BCUT2D eigenvalue weighted by molar-refractivity contribution is -0.384. The highest BCUT2D eigenvalue weighted by molar-refractivity contribution is 14.1. The summed E-state index contributed by atoms with van der Waals surface area (Å²) in [6.45, 7) is 6.26. The number of rotatable bonds is 7. The Labute approximate surface area is 204 Å². The van der Waals surface area contributed by atoms with Crippen LogP contribution in [0.4, 0.5) is 11.4 Å². The predicted molar refractivity (Wildman–Crippen MR) is 135 cm³/mol. The minimum absolute atomic E-state index is 0.0867. The molecule has 2 aromatic carbocycles. The average molecular weight is 599 g/mol. The van der Waals surface area contributed by atoms with Crippen LogP contribution in [0.5, 0.6) is 5.75 Å². The third-order valence-electron chi connectivity index (χ3n) is 6.13. The molecule has 0 aromatic heterocycles. The fraction of sp³-hybridized carbons (Fsp3) is 0.391. The number of anilines is 1. The Hall–Kier alpha value is -1.65. The number of alkyl halides is 2. The standard InChI is InChI=1S/C23H24BrIN2O4/c1-22(2)19-5-3-4-6-20(19)26(10-12-30-11-9-24)23(22)8-7-16-13-18(27(28)29)14-17(15-25)21(16)31-23/h3-8,13-14H,9-12,15H2,1-2H3. The van der Waals surface area contributed by atoms with Gasteiger partial charge in [-0.25, -0.2) is 0 Å². The lowest BCUT2D eigenvalue weighted by Gasteiger charge is -2.47. The highest BCUT2D eigenvalue weighted by Crippen LogP contribution is 2.55. The van der Waals surface area contributed by atoms with Crippen molar-refractivity contribution >= 4 is 56.0 Å². The molecule has 164 valence electrons. The number of fused-ring (bicyclic) bond motifs is 2. The third-order valence-corrected chi connectivity index (χ3v) is 7.27. The van der Waals surface area contributed by atoms with E-state index in [4.69, 9.17) is 9.47 Å². The number of nitro benzene ring substituents is 1. The molecule has 6 nitrogen and oxygen atoms in total. The van der Waals surface area contributed by atoms with Crippen LogP contribution in [0.3, 0.4) is 0 Å². The Morgan fingerprint density at radius 2 is 2.03 bits per heavy atom. The lowest BCUT2D eigenvalue weighted by atomic mass is 9.76. The normalized spacial score (nSPS) is 20.5. The predicted octanol–water partition coefficient (Wildman–Crippen LogP) is 5.84. The van der Waals surface area contributed by atoms with Crippen molar-refractivity contribution in [1.82, 2.24) is 0 Å². The summed E-state index contributed by atoms with van der Waals surface area (Å²) in [5.41, 5.74) is 2.89. The molecule has 0 amide bonds. The molecule has 4 rings (SSSR count). The monoisotopic (exact) mass is 598 g/mol. The fourth-order valence-electron chi connectivity index (χ4n) is 4.57. The number of para-hydroxylation sites is 1. The van der Waals surface area contributed by atoms with E-state index in [0.717, 1.165) is 27.9 Å². The van der Waals surface area contributed by atoms with Crippen LogP contribution in [-0.2, 0) is 14.6 Å². The van der Waals surface area contributed by atoms with Gasteiger partial charge in [0.2, 0.25) is 5.72 Å². The van der Waals surface area contributed by atoms with Crippen LogP contribution in [0, 0.1) is 10.1 Å². The van der Waals surface area contributed by atoms with Gasteiger partial charge in [0.25, 0.3) is 5.69 Å². The Balaban J connectivity index is 1.81. The molecule has 31 heavy (non-hydrogen) atoms. The molecule has 1 atom stereocenters. The summed E-state index contributed by atoms with van der Waals surface area (Å²) >= 11 is 5.64. The summed E-state index contributed by atoms with van der Waals surface area (Å²) in [6.07, 6.45) is 4.03. The molecule has 0 bridgehead atoms. The molecule has 0 radical (unpaired) electrons. The summed E-state index contributed by atoms with van der Waals surface area (Å²) in [5.74, 6) is 0.717. The van der Waals surface area contributed by atoms with Crippen LogP contribution in [0.25, 0.3) is 6.08 Å². The number of hydrogen-bond acceptors (Lipinski definition) is 5. The molecule has 0 saturated carbocycles. The largest absolute Gasteiger partial charge is 0.462 e. The highest BCUT2D eigenvalue weighted by Gasteiger charge is 2.58. The topological polar surface area (TPSA) is 64.8 Å². The van der Waals surface area contributed by atoms with Crippen molar-refractivity contribution < 1.29 is 14.4 Å². The molecule has 2 heterocycles. The van der Waals surface area contributed by atoms with E-state index >= 15 is 0 Å². The molecule has 0 aliphatic carbocycles. The first-order valence-electron chi connectivity index (χ1n) is 10.1. The van der Waals surface area contributed by atoms with Gasteiger partial charge in [-0.05, 0) is 37.6 Å². The Bertz CT molecular complexity index is 1040. The smallest absolute Gasteiger partial charge is 0.270 e. The van der Waals surface area contributed by atoms with Gasteiger partial charge in [-0.2, -0.15) is 0 Å². The van der Waals surface area contributed by atoms with Gasteiger partial charge in [-0.1, -0.05) is 56.7 Å². The Morgan fingerprint density at radius 3 is 2.74 bits per heavy atom. The summed E-state index contributed by atoms with van der Waals surface area (Å²) in [4.78, 5) is 13.3. The van der Waals surface area contributed by atoms with Gasteiger partial charge in [-0.15, -0.1) is 0 Å². The molecule has 2 aliphatic rings. The second-order valence-electron chi connectivity index (χ2n) is 8.14. The highest BCUT2D eigenvalue weighted by atomic mass is 127. The molecule has 0 saturated heterocycles. The molecule has 2 aromatic rings. The second kappa shape index (κ2) is 8.71. The minimum atomic E-state index is -0.752. The maximum Gasteiger partial charge on any atom is 0.270 e. The number of ether oxygens (including phenoxy) is 2. The number of benzene rings is 2. The Morgan fingerprint density at radius 1 is 1.26 bits per heavy atom. The van der Waals surface area contributed by atoms with Crippen LogP contribution >= 0.6 is 38.5 Å². The number of nitrogens with zero attached hydrogens (tertiary/aromatic N) is 2. The van der Waals surface area contributed by atoms with Crippen molar-refractivity contribution in [2.24, 2.45) is 0 Å². The molecule has 8 heteroatoms. The molecule has 2 aliphatic heterocycles. The second-order valence-corrected chi connectivity index (χ2v) is 9.70. The number of nitro groups is 1. The van der Waals surface area contributed by atoms with Crippen LogP contribution in [0.2, 0.25) is 0 Å². The zero-order valence-electron chi connectivity index (χ0n) is 17.4. The quantitative estimate of drug-likeness (QED) is 0.132. The van der Waals surface area contributed by atoms with Crippen molar-refractivity contribution in [2.45, 2.75) is 29.4 Å². The van der Waals surface area contributed by atoms with E-state index in [0.29, 0.717) is 24.2 Å². The van der Waals surface area contributed by atoms with E-state index < -0.39 is 5.72 Å². The van der Waals surface area contributed by atoms with Crippen LogP contribution < -0.4 is 9.64 Å². The zero-order valence-corrected chi connectivity index (χ0v) is 21.2. The minimum Gasteiger partial charge on any atom is -0.462 e. The van der Waals surface area contributed by atoms with E-state index in [-0.39, 0.29) is 16.0 Å². The summed E-state index contributed by atoms with van der Waals surface area (Å²) < 4.78 is 13.2. The van der Waals surface area contributed by atoms with Gasteiger partial charge in [0.15, 0.2) is 0 Å². The van der Waals surface area contributed by atoms with Crippen LogP contribution in [0.1, 0.15) is 30.5 Å². The van der Waals surface area contributed by atoms with Gasteiger partial charge in [0.05, 0.1) is 23.6 Å². The van der Waals surface area contributed by atoms with Gasteiger partial charge in [0.1, 0.15) is 5.75 Å². The van der Waals surface area contributed by atoms with E-state index in [9.17, 15) is 10.1 Å². The number of non-ortho nitro benzene ring substituents is 1. The van der Waals surface area contributed by atoms with Gasteiger partial charge in [-0.3, -0.25) is 10.1 Å². The van der Waals surface area contributed by atoms with E-state index in [1.165, 1.54) is 5.56 Å². The van der Waals surface area contributed by atoms with Crippen LogP contribution in [-0.4, -0.2) is 35.7 Å². The summed E-state index contributed by atoms with van der Waals surface area (Å²) in [5, 5.41) is 12.2. The fourth-order valence-corrected chi connectivity index (χ4v) is 5.36. The SMILES string of the molecule is CC1(C)c2ccccc2N(CCOCCBr)C12C=Cc1cc([N+](=O)[O-])cc(CI)c1O2. The molecule has 1 spiro atoms. The number of hydrogen-bond donors (Lipinski definition) is 0. The number of halogens is 2. The zero-order chi connectivity index (χ0) is 22.2. The first kappa shape index (κ1) is 22.5. The van der Waals surface area contributed by atoms with E-state index in [2.05, 4.69) is 81.5 Å². The third kappa shape index (κ3) is 3.66. The van der Waals surface area contributed by atoms with Gasteiger partial charge < -0.3 is 14.4 Å². The maximum atomic E-state index is 11.4. The molecule has 0 N–H and O–H groups in total. The van der Waals surface area contributed by atoms with E-state index in [1.807, 2.05) is 12.1 Å². The van der Waals surface area contributed by atoms with Crippen molar-refractivity contribution in [3.8, 4) is 5.75 Å². The van der Waals surface area contributed by atoms with Crippen molar-refractivity contribution in [1.29, 1.82) is 0 Å². The summed E-state index contributed by atoms with van der Waals surface area (Å²) in [6, 6.07) is 11.6. The Kier molecular flexibility index (Phi) is 6.33. The van der Waals surface area contributed by atoms with Crippen molar-refractivity contribution in [3.05, 3.63) is 69.3 Å². The van der Waals surface area contributed by atoms with Crippen molar-refractivity contribution in [3.63, 3.8) is 0 Å². The maximum absolute atomic E-state index is 11.4. The molecular weight excluding hydrogens is 575 g/mol. The van der Waals surface area contributed by atoms with Crippen LogP contribution in [0.15, 0.2) is 42.5 Å². The average Bonchev–Trinajstić information content (AvgIpc) is 2.94. The molecule has 1 unspecified atom stereocenters. The lowest BCUT2D eigenvalue weighted by Crippen LogP contribution is -2.60. The van der Waals surface area contributed by atoms with Gasteiger partial charge >= 0.3 is 0 Å². The van der Waals surface area contributed by atoms with E-state index in [1.54, 1.807) is 12.1 Å². The molecular formula is C23H24BrIN2O4. The first-order chi connectivity index (χ1) is 14.9. The first-order valence-corrected chi connectivity index (χ1v) is 12.8.